The van der Waals surface area contributed by atoms with E-state index in [0.717, 1.165) is 11.5 Å². The lowest BCUT2D eigenvalue weighted by Crippen LogP contribution is -2.49. The van der Waals surface area contributed by atoms with Crippen molar-refractivity contribution in [3.05, 3.63) is 34.6 Å². The number of halogens is 2. The van der Waals surface area contributed by atoms with Crippen molar-refractivity contribution in [3.63, 3.8) is 0 Å². The van der Waals surface area contributed by atoms with Crippen molar-refractivity contribution in [2.24, 2.45) is 0 Å². The van der Waals surface area contributed by atoms with Crippen LogP contribution in [0.4, 0.5) is 4.39 Å². The summed E-state index contributed by atoms with van der Waals surface area (Å²) < 4.78 is 13.6. The van der Waals surface area contributed by atoms with Gasteiger partial charge in [-0.15, -0.1) is 0 Å². The van der Waals surface area contributed by atoms with E-state index in [1.807, 2.05) is 0 Å². The van der Waals surface area contributed by atoms with E-state index in [9.17, 15) is 14.3 Å². The third kappa shape index (κ3) is 3.65. The number of hydrogen-bond acceptors (Lipinski definition) is 3. The van der Waals surface area contributed by atoms with Gasteiger partial charge in [0.05, 0.1) is 0 Å². The smallest absolute Gasteiger partial charge is 0.252 e. The number of carbonyl (C=O) groups excluding carboxylic acids is 1. The lowest BCUT2D eigenvalue weighted by Gasteiger charge is -2.30. The standard InChI is InChI=1S/C14H17ClFNO2S/c15-11-2-1-3-12(16)10(11)4-7-17-13(18)14(19)5-8-20-9-6-14/h1-3,19H,4-9H2,(H,17,18). The van der Waals surface area contributed by atoms with Gasteiger partial charge < -0.3 is 10.4 Å². The predicted molar refractivity (Wildman–Crippen MR) is 79.6 cm³/mol. The molecule has 2 rings (SSSR count). The minimum Gasteiger partial charge on any atom is -0.380 e. The summed E-state index contributed by atoms with van der Waals surface area (Å²) in [5.41, 5.74) is -0.884. The summed E-state index contributed by atoms with van der Waals surface area (Å²) in [6, 6.07) is 4.50. The fourth-order valence-electron chi connectivity index (χ4n) is 2.17. The Hall–Kier alpha value is -0.780. The highest BCUT2D eigenvalue weighted by Gasteiger charge is 2.36. The van der Waals surface area contributed by atoms with E-state index in [4.69, 9.17) is 11.6 Å². The van der Waals surface area contributed by atoms with Gasteiger partial charge in [-0.25, -0.2) is 4.39 Å². The first kappa shape index (κ1) is 15.6. The van der Waals surface area contributed by atoms with Gasteiger partial charge in [0.2, 0.25) is 0 Å². The average molecular weight is 318 g/mol. The Bertz CT molecular complexity index is 472. The third-order valence-electron chi connectivity index (χ3n) is 3.46. The lowest BCUT2D eigenvalue weighted by molar-refractivity contribution is -0.140. The molecule has 6 heteroatoms. The summed E-state index contributed by atoms with van der Waals surface area (Å²) in [6.07, 6.45) is 1.23. The molecule has 1 aliphatic heterocycles. The summed E-state index contributed by atoms with van der Waals surface area (Å²) in [4.78, 5) is 12.0. The summed E-state index contributed by atoms with van der Waals surface area (Å²) in [5, 5.41) is 13.2. The van der Waals surface area contributed by atoms with Crippen LogP contribution >= 0.6 is 23.4 Å². The molecular formula is C14H17ClFNO2S. The molecule has 2 N–H and O–H groups in total. The number of amides is 1. The fraction of sp³-hybridized carbons (Fsp3) is 0.500. The van der Waals surface area contributed by atoms with Gasteiger partial charge in [0.1, 0.15) is 11.4 Å². The molecule has 1 saturated heterocycles. The highest BCUT2D eigenvalue weighted by Crippen LogP contribution is 2.27. The Morgan fingerprint density at radius 1 is 1.45 bits per heavy atom. The van der Waals surface area contributed by atoms with Crippen LogP contribution in [0.3, 0.4) is 0 Å². The van der Waals surface area contributed by atoms with Crippen LogP contribution in [0, 0.1) is 5.82 Å². The van der Waals surface area contributed by atoms with Crippen molar-refractivity contribution in [3.8, 4) is 0 Å². The SMILES string of the molecule is O=C(NCCc1c(F)cccc1Cl)C1(O)CCSCC1. The van der Waals surface area contributed by atoms with E-state index in [1.54, 1.807) is 23.9 Å². The van der Waals surface area contributed by atoms with Crippen molar-refractivity contribution >= 4 is 29.3 Å². The molecule has 1 aliphatic rings. The Kier molecular flexibility index (Phi) is 5.29. The van der Waals surface area contributed by atoms with Crippen LogP contribution in [0.25, 0.3) is 0 Å². The molecular weight excluding hydrogens is 301 g/mol. The second-order valence-electron chi connectivity index (χ2n) is 4.85. The highest BCUT2D eigenvalue weighted by molar-refractivity contribution is 7.99. The van der Waals surface area contributed by atoms with Crippen LogP contribution in [0.5, 0.6) is 0 Å². The largest absolute Gasteiger partial charge is 0.380 e. The van der Waals surface area contributed by atoms with Crippen LogP contribution in [0.2, 0.25) is 5.02 Å². The Balaban J connectivity index is 1.88. The number of rotatable bonds is 4. The monoisotopic (exact) mass is 317 g/mol. The quantitative estimate of drug-likeness (QED) is 0.896. The molecule has 0 unspecified atom stereocenters. The highest BCUT2D eigenvalue weighted by atomic mass is 35.5. The molecule has 1 aromatic carbocycles. The molecule has 0 aliphatic carbocycles. The summed E-state index contributed by atoms with van der Waals surface area (Å²) in [5.74, 6) is 0.816. The minimum absolute atomic E-state index is 0.259. The predicted octanol–water partition coefficient (Wildman–Crippen LogP) is 2.40. The molecule has 0 spiro atoms. The third-order valence-corrected chi connectivity index (χ3v) is 4.80. The maximum absolute atomic E-state index is 13.6. The van der Waals surface area contributed by atoms with Crippen molar-refractivity contribution in [1.29, 1.82) is 0 Å². The van der Waals surface area contributed by atoms with Gasteiger partial charge in [-0.05, 0) is 42.9 Å². The van der Waals surface area contributed by atoms with Crippen LogP contribution in [0.15, 0.2) is 18.2 Å². The molecule has 1 aromatic rings. The summed E-state index contributed by atoms with van der Waals surface area (Å²) >= 11 is 7.65. The van der Waals surface area contributed by atoms with E-state index < -0.39 is 5.60 Å². The van der Waals surface area contributed by atoms with Crippen LogP contribution < -0.4 is 5.32 Å². The minimum atomic E-state index is -1.27. The number of nitrogens with one attached hydrogen (secondary N) is 1. The van der Waals surface area contributed by atoms with Gasteiger partial charge in [0, 0.05) is 17.1 Å². The van der Waals surface area contributed by atoms with E-state index in [1.165, 1.54) is 6.07 Å². The van der Waals surface area contributed by atoms with Gasteiger partial charge >= 0.3 is 0 Å². The summed E-state index contributed by atoms with van der Waals surface area (Å²) in [6.45, 7) is 0.259. The first-order chi connectivity index (χ1) is 9.53. The molecule has 1 fully saturated rings. The Morgan fingerprint density at radius 3 is 2.80 bits per heavy atom. The van der Waals surface area contributed by atoms with Gasteiger partial charge in [0.25, 0.3) is 5.91 Å². The normalized spacial score (nSPS) is 17.8. The van der Waals surface area contributed by atoms with E-state index in [2.05, 4.69) is 5.32 Å². The lowest BCUT2D eigenvalue weighted by atomic mass is 9.96. The topological polar surface area (TPSA) is 49.3 Å². The second kappa shape index (κ2) is 6.78. The van der Waals surface area contributed by atoms with Crippen molar-refractivity contribution < 1.29 is 14.3 Å². The molecule has 20 heavy (non-hydrogen) atoms. The van der Waals surface area contributed by atoms with E-state index in [-0.39, 0.29) is 18.3 Å². The van der Waals surface area contributed by atoms with Crippen molar-refractivity contribution in [2.75, 3.05) is 18.1 Å². The van der Waals surface area contributed by atoms with Crippen LogP contribution in [-0.2, 0) is 11.2 Å². The molecule has 0 saturated carbocycles. The molecule has 3 nitrogen and oxygen atoms in total. The number of carbonyl (C=O) groups is 1. The number of aliphatic hydroxyl groups is 1. The maximum atomic E-state index is 13.6. The van der Waals surface area contributed by atoms with Crippen LogP contribution in [-0.4, -0.2) is 34.7 Å². The molecule has 1 amide bonds. The first-order valence-electron chi connectivity index (χ1n) is 6.54. The zero-order valence-corrected chi connectivity index (χ0v) is 12.6. The number of benzene rings is 1. The molecule has 0 bridgehead atoms. The van der Waals surface area contributed by atoms with Crippen molar-refractivity contribution in [2.45, 2.75) is 24.9 Å². The van der Waals surface area contributed by atoms with Crippen molar-refractivity contribution in [1.82, 2.24) is 5.32 Å². The molecule has 0 atom stereocenters. The van der Waals surface area contributed by atoms with Gasteiger partial charge in [-0.2, -0.15) is 11.8 Å². The van der Waals surface area contributed by atoms with Gasteiger partial charge in [-0.3, -0.25) is 4.79 Å². The Labute approximate surface area is 126 Å². The van der Waals surface area contributed by atoms with E-state index >= 15 is 0 Å². The maximum Gasteiger partial charge on any atom is 0.252 e. The number of hydrogen-bond donors (Lipinski definition) is 2. The molecule has 1 heterocycles. The fourth-order valence-corrected chi connectivity index (χ4v) is 3.60. The van der Waals surface area contributed by atoms with Crippen LogP contribution in [0.1, 0.15) is 18.4 Å². The van der Waals surface area contributed by atoms with Gasteiger partial charge in [-0.1, -0.05) is 17.7 Å². The zero-order valence-electron chi connectivity index (χ0n) is 11.0. The van der Waals surface area contributed by atoms with E-state index in [0.29, 0.717) is 29.8 Å². The number of thioether (sulfide) groups is 1. The summed E-state index contributed by atoms with van der Waals surface area (Å²) in [7, 11) is 0. The molecule has 0 radical (unpaired) electrons. The zero-order chi connectivity index (χ0) is 14.6. The second-order valence-corrected chi connectivity index (χ2v) is 6.48. The molecule has 0 aromatic heterocycles. The Morgan fingerprint density at radius 2 is 2.15 bits per heavy atom. The molecule has 110 valence electrons. The first-order valence-corrected chi connectivity index (χ1v) is 8.07. The average Bonchev–Trinajstić information content (AvgIpc) is 2.42. The van der Waals surface area contributed by atoms with Gasteiger partial charge in [0.15, 0.2) is 0 Å².